The summed E-state index contributed by atoms with van der Waals surface area (Å²) in [7, 11) is 1.43. The second kappa shape index (κ2) is 7.08. The summed E-state index contributed by atoms with van der Waals surface area (Å²) >= 11 is 0. The topological polar surface area (TPSA) is 107 Å². The fraction of sp³-hybridized carbons (Fsp3) is 0.462. The third-order valence-corrected chi connectivity index (χ3v) is 2.78. The average molecular weight is 270 g/mol. The van der Waals surface area contributed by atoms with E-state index in [1.807, 2.05) is 0 Å². The van der Waals surface area contributed by atoms with Crippen LogP contribution in [-0.2, 0) is 11.2 Å². The summed E-state index contributed by atoms with van der Waals surface area (Å²) in [5.41, 5.74) is 0.806. The van der Waals surface area contributed by atoms with Crippen LogP contribution in [0.2, 0.25) is 0 Å². The maximum absolute atomic E-state index is 10.8. The highest BCUT2D eigenvalue weighted by molar-refractivity contribution is 5.71. The van der Waals surface area contributed by atoms with Crippen molar-refractivity contribution in [2.75, 3.05) is 13.7 Å². The van der Waals surface area contributed by atoms with Gasteiger partial charge in [0.25, 0.3) is 0 Å². The van der Waals surface area contributed by atoms with Gasteiger partial charge in [-0.05, 0) is 24.1 Å². The third kappa shape index (κ3) is 4.20. The number of aliphatic hydroxyl groups is 3. The Bertz CT molecular complexity index is 431. The SMILES string of the molecule is COc1ccc(C(O)C(O)CCO)cc1CC(=O)O. The van der Waals surface area contributed by atoms with Gasteiger partial charge in [-0.1, -0.05) is 6.07 Å². The number of carboxylic acids is 1. The van der Waals surface area contributed by atoms with Crippen molar-refractivity contribution in [2.45, 2.75) is 25.0 Å². The van der Waals surface area contributed by atoms with E-state index in [0.717, 1.165) is 0 Å². The van der Waals surface area contributed by atoms with E-state index in [1.54, 1.807) is 12.1 Å². The maximum atomic E-state index is 10.8. The van der Waals surface area contributed by atoms with E-state index in [0.29, 0.717) is 16.9 Å². The van der Waals surface area contributed by atoms with E-state index >= 15 is 0 Å². The van der Waals surface area contributed by atoms with Crippen molar-refractivity contribution >= 4 is 5.97 Å². The lowest BCUT2D eigenvalue weighted by atomic mass is 9.98. The second-order valence-electron chi connectivity index (χ2n) is 4.17. The zero-order valence-electron chi connectivity index (χ0n) is 10.6. The molecule has 2 atom stereocenters. The number of hydrogen-bond donors (Lipinski definition) is 4. The number of rotatable bonds is 7. The number of aliphatic carboxylic acids is 1. The van der Waals surface area contributed by atoms with Crippen LogP contribution in [0.3, 0.4) is 0 Å². The summed E-state index contributed by atoms with van der Waals surface area (Å²) in [6, 6.07) is 4.58. The molecule has 1 aromatic rings. The molecule has 0 aliphatic rings. The number of aliphatic hydroxyl groups excluding tert-OH is 3. The zero-order valence-corrected chi connectivity index (χ0v) is 10.6. The minimum absolute atomic E-state index is 0.0431. The van der Waals surface area contributed by atoms with Gasteiger partial charge in [0, 0.05) is 12.2 Å². The molecule has 0 bridgehead atoms. The van der Waals surface area contributed by atoms with Gasteiger partial charge >= 0.3 is 5.97 Å². The lowest BCUT2D eigenvalue weighted by Gasteiger charge is -2.18. The molecular weight excluding hydrogens is 252 g/mol. The van der Waals surface area contributed by atoms with E-state index in [1.165, 1.54) is 13.2 Å². The Kier molecular flexibility index (Phi) is 5.75. The van der Waals surface area contributed by atoms with Crippen molar-refractivity contribution < 1.29 is 30.0 Å². The van der Waals surface area contributed by atoms with Crippen molar-refractivity contribution in [3.8, 4) is 5.75 Å². The quantitative estimate of drug-likeness (QED) is 0.560. The summed E-state index contributed by atoms with van der Waals surface area (Å²) in [4.78, 5) is 10.8. The van der Waals surface area contributed by atoms with Crippen LogP contribution in [0.25, 0.3) is 0 Å². The molecule has 0 amide bonds. The van der Waals surface area contributed by atoms with E-state index < -0.39 is 18.2 Å². The molecule has 19 heavy (non-hydrogen) atoms. The van der Waals surface area contributed by atoms with Crippen molar-refractivity contribution in [3.05, 3.63) is 29.3 Å². The summed E-state index contributed by atoms with van der Waals surface area (Å²) in [6.45, 7) is -0.240. The number of carbonyl (C=O) groups is 1. The molecule has 0 heterocycles. The molecule has 1 rings (SSSR count). The van der Waals surface area contributed by atoms with Crippen LogP contribution in [0.1, 0.15) is 23.7 Å². The lowest BCUT2D eigenvalue weighted by molar-refractivity contribution is -0.136. The first-order valence-electron chi connectivity index (χ1n) is 5.85. The Morgan fingerprint density at radius 2 is 2.05 bits per heavy atom. The molecule has 4 N–H and O–H groups in total. The van der Waals surface area contributed by atoms with Gasteiger partial charge in [0.1, 0.15) is 11.9 Å². The fourth-order valence-corrected chi connectivity index (χ4v) is 1.80. The van der Waals surface area contributed by atoms with Gasteiger partial charge in [0.2, 0.25) is 0 Å². The molecule has 0 aliphatic heterocycles. The first kappa shape index (κ1) is 15.4. The molecule has 0 saturated carbocycles. The number of carboxylic acid groups (broad SMARTS) is 1. The molecule has 1 aromatic carbocycles. The second-order valence-corrected chi connectivity index (χ2v) is 4.17. The smallest absolute Gasteiger partial charge is 0.307 e. The Hall–Kier alpha value is -1.63. The molecule has 0 spiro atoms. The highest BCUT2D eigenvalue weighted by Gasteiger charge is 2.19. The number of hydrogen-bond acceptors (Lipinski definition) is 5. The largest absolute Gasteiger partial charge is 0.496 e. The molecule has 0 aromatic heterocycles. The van der Waals surface area contributed by atoms with Gasteiger partial charge < -0.3 is 25.2 Å². The molecule has 2 unspecified atom stereocenters. The normalized spacial score (nSPS) is 13.9. The van der Waals surface area contributed by atoms with Gasteiger partial charge in [0.05, 0.1) is 19.6 Å². The van der Waals surface area contributed by atoms with E-state index in [4.69, 9.17) is 14.9 Å². The Morgan fingerprint density at radius 1 is 1.37 bits per heavy atom. The highest BCUT2D eigenvalue weighted by atomic mass is 16.5. The first-order chi connectivity index (χ1) is 8.99. The van der Waals surface area contributed by atoms with Gasteiger partial charge in [-0.3, -0.25) is 4.79 Å². The zero-order chi connectivity index (χ0) is 14.4. The third-order valence-electron chi connectivity index (χ3n) is 2.78. The van der Waals surface area contributed by atoms with Crippen LogP contribution in [0, 0.1) is 0 Å². The molecule has 6 nitrogen and oxygen atoms in total. The Balaban J connectivity index is 2.99. The van der Waals surface area contributed by atoms with Gasteiger partial charge in [-0.25, -0.2) is 0 Å². The van der Waals surface area contributed by atoms with Gasteiger partial charge in [-0.2, -0.15) is 0 Å². The molecular formula is C13H18O6. The van der Waals surface area contributed by atoms with Gasteiger partial charge in [-0.15, -0.1) is 0 Å². The minimum atomic E-state index is -1.18. The summed E-state index contributed by atoms with van der Waals surface area (Å²) in [6.07, 6.45) is -2.47. The monoisotopic (exact) mass is 270 g/mol. The number of benzene rings is 1. The molecule has 0 fully saturated rings. The van der Waals surface area contributed by atoms with Crippen molar-refractivity contribution in [2.24, 2.45) is 0 Å². The maximum Gasteiger partial charge on any atom is 0.307 e. The van der Waals surface area contributed by atoms with E-state index in [-0.39, 0.29) is 19.4 Å². The van der Waals surface area contributed by atoms with Crippen molar-refractivity contribution in [1.29, 1.82) is 0 Å². The average Bonchev–Trinajstić information content (AvgIpc) is 2.37. The molecule has 0 radical (unpaired) electrons. The number of methoxy groups -OCH3 is 1. The van der Waals surface area contributed by atoms with E-state index in [2.05, 4.69) is 0 Å². The van der Waals surface area contributed by atoms with Crippen LogP contribution >= 0.6 is 0 Å². The molecule has 0 aliphatic carbocycles. The minimum Gasteiger partial charge on any atom is -0.496 e. The molecule has 0 saturated heterocycles. The van der Waals surface area contributed by atoms with Crippen molar-refractivity contribution in [1.82, 2.24) is 0 Å². The summed E-state index contributed by atoms with van der Waals surface area (Å²) < 4.78 is 5.04. The van der Waals surface area contributed by atoms with Crippen LogP contribution < -0.4 is 4.74 Å². The Morgan fingerprint density at radius 3 is 2.58 bits per heavy atom. The first-order valence-corrected chi connectivity index (χ1v) is 5.85. The summed E-state index contributed by atoms with van der Waals surface area (Å²) in [5.74, 6) is -0.601. The van der Waals surface area contributed by atoms with Gasteiger partial charge in [0.15, 0.2) is 0 Å². The predicted octanol–water partition coefficient (Wildman–Crippen LogP) is 0.0990. The number of ether oxygens (including phenoxy) is 1. The van der Waals surface area contributed by atoms with Crippen LogP contribution in [0.4, 0.5) is 0 Å². The predicted molar refractivity (Wildman–Crippen MR) is 67.0 cm³/mol. The fourth-order valence-electron chi connectivity index (χ4n) is 1.80. The summed E-state index contributed by atoms with van der Waals surface area (Å²) in [5, 5.41) is 37.0. The molecule has 106 valence electrons. The van der Waals surface area contributed by atoms with E-state index in [9.17, 15) is 15.0 Å². The van der Waals surface area contributed by atoms with Crippen LogP contribution in [-0.4, -0.2) is 46.2 Å². The highest BCUT2D eigenvalue weighted by Crippen LogP contribution is 2.26. The molecule has 6 heteroatoms. The lowest BCUT2D eigenvalue weighted by Crippen LogP contribution is -2.19. The van der Waals surface area contributed by atoms with Crippen LogP contribution in [0.15, 0.2) is 18.2 Å². The van der Waals surface area contributed by atoms with Crippen LogP contribution in [0.5, 0.6) is 5.75 Å². The van der Waals surface area contributed by atoms with Crippen molar-refractivity contribution in [3.63, 3.8) is 0 Å². The Labute approximate surface area is 110 Å². The standard InChI is InChI=1S/C13H18O6/c1-19-11-3-2-8(6-9(11)7-12(16)17)13(18)10(15)4-5-14/h2-3,6,10,13-15,18H,4-5,7H2,1H3,(H,16,17).